The number of nitrogens with two attached hydrogens (primary N) is 1. The van der Waals surface area contributed by atoms with E-state index in [1.54, 1.807) is 6.20 Å². The maximum Gasteiger partial charge on any atom is 0.130 e. The van der Waals surface area contributed by atoms with Gasteiger partial charge in [-0.25, -0.2) is 4.98 Å². The minimum absolute atomic E-state index is 0.605. The Morgan fingerprint density at radius 3 is 2.44 bits per heavy atom. The Hall–Kier alpha value is -2.03. The normalized spacial score (nSPS) is 12.1. The summed E-state index contributed by atoms with van der Waals surface area (Å²) in [5, 5.41) is 3.25. The van der Waals surface area contributed by atoms with E-state index in [1.165, 1.54) is 5.56 Å². The molecule has 0 aliphatic carbocycles. The van der Waals surface area contributed by atoms with Gasteiger partial charge in [0.05, 0.1) is 11.9 Å². The smallest absolute Gasteiger partial charge is 0.130 e. The lowest BCUT2D eigenvalue weighted by molar-refractivity contribution is 0.734. The standard InChI is InChI=1S/C15H19N3/c1-3-11(2)12-4-7-14(8-5-12)18-15-9-6-13(16)10-17-15/h4-11H,3,16H2,1-2H3,(H,17,18). The van der Waals surface area contributed by atoms with Crippen molar-refractivity contribution in [2.45, 2.75) is 26.2 Å². The topological polar surface area (TPSA) is 50.9 Å². The van der Waals surface area contributed by atoms with E-state index in [1.807, 2.05) is 12.1 Å². The summed E-state index contributed by atoms with van der Waals surface area (Å²) in [5.41, 5.74) is 8.68. The van der Waals surface area contributed by atoms with Gasteiger partial charge < -0.3 is 11.1 Å². The average Bonchev–Trinajstić information content (AvgIpc) is 2.41. The fourth-order valence-electron chi connectivity index (χ4n) is 1.76. The number of hydrogen-bond acceptors (Lipinski definition) is 3. The number of benzene rings is 1. The van der Waals surface area contributed by atoms with Crippen LogP contribution in [0, 0.1) is 0 Å². The summed E-state index contributed by atoms with van der Waals surface area (Å²) in [4.78, 5) is 4.21. The molecule has 0 saturated heterocycles. The van der Waals surface area contributed by atoms with E-state index >= 15 is 0 Å². The Labute approximate surface area is 108 Å². The molecular formula is C15H19N3. The van der Waals surface area contributed by atoms with Gasteiger partial charge in [0.1, 0.15) is 5.82 Å². The third kappa shape index (κ3) is 3.00. The van der Waals surface area contributed by atoms with E-state index in [0.29, 0.717) is 11.6 Å². The molecular weight excluding hydrogens is 222 g/mol. The van der Waals surface area contributed by atoms with Gasteiger partial charge >= 0.3 is 0 Å². The Bertz CT molecular complexity index is 488. The van der Waals surface area contributed by atoms with Gasteiger partial charge in [-0.1, -0.05) is 26.0 Å². The molecule has 1 aromatic heterocycles. The highest BCUT2D eigenvalue weighted by Crippen LogP contribution is 2.22. The molecule has 1 heterocycles. The summed E-state index contributed by atoms with van der Waals surface area (Å²) in [6.45, 7) is 4.44. The first-order valence-electron chi connectivity index (χ1n) is 6.27. The van der Waals surface area contributed by atoms with E-state index in [-0.39, 0.29) is 0 Å². The number of pyridine rings is 1. The van der Waals surface area contributed by atoms with Crippen LogP contribution in [0.2, 0.25) is 0 Å². The zero-order valence-corrected chi connectivity index (χ0v) is 10.9. The van der Waals surface area contributed by atoms with Crippen LogP contribution in [0.3, 0.4) is 0 Å². The molecule has 18 heavy (non-hydrogen) atoms. The molecule has 1 aromatic carbocycles. The molecule has 2 aromatic rings. The van der Waals surface area contributed by atoms with Crippen molar-refractivity contribution >= 4 is 17.2 Å². The molecule has 0 aliphatic heterocycles. The summed E-state index contributed by atoms with van der Waals surface area (Å²) < 4.78 is 0. The number of hydrogen-bond donors (Lipinski definition) is 2. The van der Waals surface area contributed by atoms with Gasteiger partial charge in [-0.05, 0) is 42.2 Å². The predicted octanol–water partition coefficient (Wildman–Crippen LogP) is 3.92. The van der Waals surface area contributed by atoms with Crippen molar-refractivity contribution in [1.29, 1.82) is 0 Å². The average molecular weight is 241 g/mol. The lowest BCUT2D eigenvalue weighted by atomic mass is 9.99. The van der Waals surface area contributed by atoms with Gasteiger partial charge in [0.2, 0.25) is 0 Å². The third-order valence-electron chi connectivity index (χ3n) is 3.15. The van der Waals surface area contributed by atoms with Gasteiger partial charge in [0.15, 0.2) is 0 Å². The lowest BCUT2D eigenvalue weighted by Crippen LogP contribution is -1.96. The van der Waals surface area contributed by atoms with Crippen molar-refractivity contribution in [2.75, 3.05) is 11.1 Å². The second-order valence-electron chi connectivity index (χ2n) is 4.53. The molecule has 3 nitrogen and oxygen atoms in total. The van der Waals surface area contributed by atoms with Gasteiger partial charge in [-0.2, -0.15) is 0 Å². The second-order valence-corrected chi connectivity index (χ2v) is 4.53. The molecule has 0 bridgehead atoms. The van der Waals surface area contributed by atoms with Crippen molar-refractivity contribution in [3.8, 4) is 0 Å². The van der Waals surface area contributed by atoms with Crippen LogP contribution in [0.1, 0.15) is 31.7 Å². The van der Waals surface area contributed by atoms with Gasteiger partial charge in [-0.15, -0.1) is 0 Å². The summed E-state index contributed by atoms with van der Waals surface area (Å²) in [7, 11) is 0. The van der Waals surface area contributed by atoms with Crippen molar-refractivity contribution in [3.05, 3.63) is 48.2 Å². The van der Waals surface area contributed by atoms with E-state index < -0.39 is 0 Å². The van der Waals surface area contributed by atoms with Gasteiger partial charge in [-0.3, -0.25) is 0 Å². The van der Waals surface area contributed by atoms with Gasteiger partial charge in [0.25, 0.3) is 0 Å². The molecule has 0 radical (unpaired) electrons. The Morgan fingerprint density at radius 1 is 1.17 bits per heavy atom. The van der Waals surface area contributed by atoms with Crippen molar-refractivity contribution in [3.63, 3.8) is 0 Å². The fraction of sp³-hybridized carbons (Fsp3) is 0.267. The molecule has 0 saturated carbocycles. The van der Waals surface area contributed by atoms with Crippen LogP contribution >= 0.6 is 0 Å². The fourth-order valence-corrected chi connectivity index (χ4v) is 1.76. The Morgan fingerprint density at radius 2 is 1.89 bits per heavy atom. The molecule has 1 atom stereocenters. The lowest BCUT2D eigenvalue weighted by Gasteiger charge is -2.10. The molecule has 3 heteroatoms. The van der Waals surface area contributed by atoms with Crippen molar-refractivity contribution < 1.29 is 0 Å². The summed E-state index contributed by atoms with van der Waals surface area (Å²) in [5.74, 6) is 1.41. The molecule has 0 fully saturated rings. The van der Waals surface area contributed by atoms with Crippen molar-refractivity contribution in [2.24, 2.45) is 0 Å². The second kappa shape index (κ2) is 5.54. The quantitative estimate of drug-likeness (QED) is 0.853. The zero-order chi connectivity index (χ0) is 13.0. The van der Waals surface area contributed by atoms with Crippen LogP contribution in [0.5, 0.6) is 0 Å². The maximum atomic E-state index is 5.60. The highest BCUT2D eigenvalue weighted by atomic mass is 15.0. The molecule has 0 spiro atoms. The first-order chi connectivity index (χ1) is 8.69. The maximum absolute atomic E-state index is 5.60. The highest BCUT2D eigenvalue weighted by molar-refractivity contribution is 5.57. The van der Waals surface area contributed by atoms with E-state index in [2.05, 4.69) is 48.4 Å². The van der Waals surface area contributed by atoms with Crippen molar-refractivity contribution in [1.82, 2.24) is 4.98 Å². The van der Waals surface area contributed by atoms with E-state index in [0.717, 1.165) is 17.9 Å². The summed E-state index contributed by atoms with van der Waals surface area (Å²) in [6.07, 6.45) is 2.81. The molecule has 0 amide bonds. The largest absolute Gasteiger partial charge is 0.397 e. The number of rotatable bonds is 4. The van der Waals surface area contributed by atoms with E-state index in [4.69, 9.17) is 5.73 Å². The predicted molar refractivity (Wildman–Crippen MR) is 77.1 cm³/mol. The van der Waals surface area contributed by atoms with Crippen LogP contribution in [-0.2, 0) is 0 Å². The first-order valence-corrected chi connectivity index (χ1v) is 6.27. The van der Waals surface area contributed by atoms with Crippen LogP contribution < -0.4 is 11.1 Å². The molecule has 2 rings (SSSR count). The summed E-state index contributed by atoms with van der Waals surface area (Å²) in [6, 6.07) is 12.2. The third-order valence-corrected chi connectivity index (χ3v) is 3.15. The number of nitrogen functional groups attached to an aromatic ring is 1. The SMILES string of the molecule is CCC(C)c1ccc(Nc2ccc(N)cn2)cc1. The number of nitrogens with one attached hydrogen (secondary N) is 1. The minimum atomic E-state index is 0.605. The zero-order valence-electron chi connectivity index (χ0n) is 10.9. The number of nitrogens with zero attached hydrogens (tertiary/aromatic N) is 1. The van der Waals surface area contributed by atoms with Crippen LogP contribution in [-0.4, -0.2) is 4.98 Å². The molecule has 0 aliphatic rings. The van der Waals surface area contributed by atoms with E-state index in [9.17, 15) is 0 Å². The Kier molecular flexibility index (Phi) is 3.82. The molecule has 94 valence electrons. The van der Waals surface area contributed by atoms with Crippen LogP contribution in [0.15, 0.2) is 42.6 Å². The van der Waals surface area contributed by atoms with Crippen LogP contribution in [0.25, 0.3) is 0 Å². The van der Waals surface area contributed by atoms with Crippen LogP contribution in [0.4, 0.5) is 17.2 Å². The number of aromatic nitrogens is 1. The van der Waals surface area contributed by atoms with Gasteiger partial charge in [0, 0.05) is 5.69 Å². The summed E-state index contributed by atoms with van der Waals surface area (Å²) >= 11 is 0. The molecule has 1 unspecified atom stereocenters. The highest BCUT2D eigenvalue weighted by Gasteiger charge is 2.02. The monoisotopic (exact) mass is 241 g/mol. The number of anilines is 3. The Balaban J connectivity index is 2.08. The molecule has 3 N–H and O–H groups in total. The minimum Gasteiger partial charge on any atom is -0.397 e. The first kappa shape index (κ1) is 12.4.